The highest BCUT2D eigenvalue weighted by atomic mass is 16.3. The van der Waals surface area contributed by atoms with Crippen molar-refractivity contribution in [1.29, 1.82) is 0 Å². The molecule has 0 saturated carbocycles. The first-order chi connectivity index (χ1) is 31.0. The lowest BCUT2D eigenvalue weighted by atomic mass is 9.92. The molecule has 10 aromatic carbocycles. The molecule has 0 radical (unpaired) electrons. The van der Waals surface area contributed by atoms with E-state index in [1.165, 1.54) is 21.9 Å². The molecule has 0 aliphatic carbocycles. The third kappa shape index (κ3) is 7.20. The minimum absolute atomic E-state index is 0.892. The number of nitrogens with zero attached hydrogens (tertiary/aromatic N) is 2. The predicted molar refractivity (Wildman–Crippen MR) is 266 cm³/mol. The summed E-state index contributed by atoms with van der Waals surface area (Å²) in [6.45, 7) is 4.33. The number of rotatable bonds is 9. The molecule has 0 spiro atoms. The highest BCUT2D eigenvalue weighted by Gasteiger charge is 2.19. The maximum Gasteiger partial charge on any atom is 0.143 e. The van der Waals surface area contributed by atoms with Crippen LogP contribution in [0.5, 0.6) is 0 Å². The molecule has 0 aliphatic rings. The van der Waals surface area contributed by atoms with Crippen molar-refractivity contribution in [2.75, 3.05) is 9.80 Å². The van der Waals surface area contributed by atoms with Crippen molar-refractivity contribution in [1.82, 2.24) is 0 Å². The summed E-state index contributed by atoms with van der Waals surface area (Å²) in [5, 5.41) is 4.66. The number of aryl methyl sites for hydroxylation is 2. The van der Waals surface area contributed by atoms with Crippen LogP contribution in [0, 0.1) is 13.8 Å². The van der Waals surface area contributed by atoms with Gasteiger partial charge in [0.25, 0.3) is 0 Å². The number of hydrogen-bond acceptors (Lipinski definition) is 3. The summed E-state index contributed by atoms with van der Waals surface area (Å²) in [7, 11) is 0. The molecule has 3 heteroatoms. The Balaban J connectivity index is 1.04. The molecule has 0 saturated heterocycles. The van der Waals surface area contributed by atoms with Crippen LogP contribution in [0.4, 0.5) is 34.1 Å². The fraction of sp³-hybridized carbons (Fsp3) is 0.0333. The Morgan fingerprint density at radius 3 is 1.48 bits per heavy atom. The van der Waals surface area contributed by atoms with Crippen molar-refractivity contribution in [2.24, 2.45) is 0 Å². The van der Waals surface area contributed by atoms with Crippen LogP contribution in [0.3, 0.4) is 0 Å². The summed E-state index contributed by atoms with van der Waals surface area (Å²) < 4.78 is 6.62. The molecule has 3 nitrogen and oxygen atoms in total. The summed E-state index contributed by atoms with van der Waals surface area (Å²) in [6.07, 6.45) is 0. The van der Waals surface area contributed by atoms with Crippen LogP contribution >= 0.6 is 0 Å². The molecule has 0 unspecified atom stereocenters. The molecule has 0 N–H and O–H groups in total. The van der Waals surface area contributed by atoms with Crippen LogP contribution in [0.1, 0.15) is 11.1 Å². The Bertz CT molecular complexity index is 3380. The van der Waals surface area contributed by atoms with E-state index in [0.29, 0.717) is 0 Å². The number of fused-ring (bicyclic) bond motifs is 4. The second-order valence-electron chi connectivity index (χ2n) is 16.4. The lowest BCUT2D eigenvalue weighted by Crippen LogP contribution is -2.10. The SMILES string of the molecule is Cc1cc(C)cc(N(c2ccccc2)c2ccc(-c3cc(-c4ccc(N(c5ccccc5)c5cccc6ccccc56)cc4)cc(-c4cccc5c4oc4ccccc45)c3)cc2)c1. The van der Waals surface area contributed by atoms with Crippen molar-refractivity contribution < 1.29 is 4.42 Å². The van der Waals surface area contributed by atoms with E-state index in [0.717, 1.165) is 89.4 Å². The minimum atomic E-state index is 0.892. The number of para-hydroxylation sites is 4. The van der Waals surface area contributed by atoms with Crippen LogP contribution in [0.15, 0.2) is 235 Å². The van der Waals surface area contributed by atoms with Crippen LogP contribution < -0.4 is 9.80 Å². The van der Waals surface area contributed by atoms with Crippen LogP contribution in [0.25, 0.3) is 66.1 Å². The molecule has 1 heterocycles. The number of anilines is 6. The Kier molecular flexibility index (Phi) is 9.63. The van der Waals surface area contributed by atoms with Crippen molar-refractivity contribution in [2.45, 2.75) is 13.8 Å². The van der Waals surface area contributed by atoms with Gasteiger partial charge >= 0.3 is 0 Å². The third-order valence-corrected chi connectivity index (χ3v) is 12.1. The van der Waals surface area contributed by atoms with E-state index >= 15 is 0 Å². The van der Waals surface area contributed by atoms with Gasteiger partial charge in [0.05, 0.1) is 5.69 Å². The van der Waals surface area contributed by atoms with E-state index in [-0.39, 0.29) is 0 Å². The van der Waals surface area contributed by atoms with Crippen LogP contribution in [-0.4, -0.2) is 0 Å². The van der Waals surface area contributed by atoms with Crippen molar-refractivity contribution in [3.05, 3.63) is 242 Å². The smallest absolute Gasteiger partial charge is 0.143 e. The highest BCUT2D eigenvalue weighted by Crippen LogP contribution is 2.43. The molecule has 0 aliphatic heterocycles. The van der Waals surface area contributed by atoms with Crippen molar-refractivity contribution in [3.63, 3.8) is 0 Å². The number of hydrogen-bond donors (Lipinski definition) is 0. The zero-order valence-electron chi connectivity index (χ0n) is 35.2. The standard InChI is InChI=1S/C60H44N2O/c1-41-35-42(2)37-53(36-41)61(49-17-5-3-6-18-49)51-31-27-43(28-32-51)46-38-47(40-48(39-46)55-23-14-24-57-56-22-11-12-26-59(56)63-60(55)57)44-29-33-52(34-30-44)62(50-19-7-4-8-20-50)58-25-13-16-45-15-9-10-21-54(45)58/h3-40H,1-2H3. The van der Waals surface area contributed by atoms with Crippen LogP contribution in [-0.2, 0) is 0 Å². The summed E-state index contributed by atoms with van der Waals surface area (Å²) in [6, 6.07) is 82.9. The molecule has 11 aromatic rings. The normalized spacial score (nSPS) is 11.3. The zero-order valence-corrected chi connectivity index (χ0v) is 35.2. The summed E-state index contributed by atoms with van der Waals surface area (Å²) in [5.74, 6) is 0. The minimum Gasteiger partial charge on any atom is -0.455 e. The van der Waals surface area contributed by atoms with Gasteiger partial charge in [-0.3, -0.25) is 0 Å². The first-order valence-electron chi connectivity index (χ1n) is 21.6. The largest absolute Gasteiger partial charge is 0.455 e. The molecule has 300 valence electrons. The number of furan rings is 1. The maximum absolute atomic E-state index is 6.62. The van der Waals surface area contributed by atoms with Gasteiger partial charge in [0.15, 0.2) is 0 Å². The van der Waals surface area contributed by atoms with Gasteiger partial charge in [0.1, 0.15) is 11.2 Å². The first-order valence-corrected chi connectivity index (χ1v) is 21.6. The monoisotopic (exact) mass is 808 g/mol. The Hall–Kier alpha value is -8.14. The molecule has 63 heavy (non-hydrogen) atoms. The molecule has 11 rings (SSSR count). The van der Waals surface area contributed by atoms with Gasteiger partial charge in [-0.15, -0.1) is 0 Å². The first kappa shape index (κ1) is 37.8. The summed E-state index contributed by atoms with van der Waals surface area (Å²) in [5.41, 5.74) is 17.7. The van der Waals surface area contributed by atoms with Gasteiger partial charge in [-0.25, -0.2) is 0 Å². The third-order valence-electron chi connectivity index (χ3n) is 12.1. The lowest BCUT2D eigenvalue weighted by Gasteiger charge is -2.27. The zero-order chi connectivity index (χ0) is 42.3. The average molecular weight is 809 g/mol. The number of benzene rings is 10. The Labute approximate surface area is 368 Å². The van der Waals surface area contributed by atoms with Gasteiger partial charge in [0.2, 0.25) is 0 Å². The topological polar surface area (TPSA) is 19.6 Å². The van der Waals surface area contributed by atoms with Gasteiger partial charge in [-0.05, 0) is 149 Å². The Morgan fingerprint density at radius 2 is 0.810 bits per heavy atom. The summed E-state index contributed by atoms with van der Waals surface area (Å²) >= 11 is 0. The van der Waals surface area contributed by atoms with Gasteiger partial charge in [0, 0.05) is 50.2 Å². The fourth-order valence-corrected chi connectivity index (χ4v) is 9.21. The average Bonchev–Trinajstić information content (AvgIpc) is 3.72. The van der Waals surface area contributed by atoms with E-state index in [9.17, 15) is 0 Å². The highest BCUT2D eigenvalue weighted by molar-refractivity contribution is 6.10. The van der Waals surface area contributed by atoms with Gasteiger partial charge in [-0.1, -0.05) is 140 Å². The fourth-order valence-electron chi connectivity index (χ4n) is 9.21. The van der Waals surface area contributed by atoms with Gasteiger partial charge in [-0.2, -0.15) is 0 Å². The lowest BCUT2D eigenvalue weighted by molar-refractivity contribution is 0.670. The van der Waals surface area contributed by atoms with Crippen molar-refractivity contribution in [3.8, 4) is 33.4 Å². The molecule has 1 aromatic heterocycles. The van der Waals surface area contributed by atoms with Gasteiger partial charge < -0.3 is 14.2 Å². The Morgan fingerprint density at radius 1 is 0.317 bits per heavy atom. The molecule has 0 bridgehead atoms. The van der Waals surface area contributed by atoms with E-state index in [2.05, 4.69) is 248 Å². The van der Waals surface area contributed by atoms with E-state index in [4.69, 9.17) is 4.42 Å². The second-order valence-corrected chi connectivity index (χ2v) is 16.4. The van der Waals surface area contributed by atoms with E-state index < -0.39 is 0 Å². The molecular formula is C60H44N2O. The quantitative estimate of drug-likeness (QED) is 0.145. The predicted octanol–water partition coefficient (Wildman–Crippen LogP) is 17.3. The van der Waals surface area contributed by atoms with E-state index in [1.807, 2.05) is 6.07 Å². The molecule has 0 atom stereocenters. The summed E-state index contributed by atoms with van der Waals surface area (Å²) in [4.78, 5) is 4.70. The maximum atomic E-state index is 6.62. The van der Waals surface area contributed by atoms with Crippen LogP contribution in [0.2, 0.25) is 0 Å². The molecule has 0 amide bonds. The van der Waals surface area contributed by atoms with Crippen molar-refractivity contribution >= 4 is 66.8 Å². The van der Waals surface area contributed by atoms with E-state index in [1.54, 1.807) is 0 Å². The molecular weight excluding hydrogens is 765 g/mol. The molecule has 0 fully saturated rings. The second kappa shape index (κ2) is 16.0.